The van der Waals surface area contributed by atoms with Gasteiger partial charge in [0.25, 0.3) is 5.91 Å². The molecule has 4 rings (SSSR count). The van der Waals surface area contributed by atoms with Gasteiger partial charge in [-0.05, 0) is 25.0 Å². The van der Waals surface area contributed by atoms with Gasteiger partial charge in [-0.25, -0.2) is 0 Å². The minimum atomic E-state index is -0.882. The Balaban J connectivity index is 1.46. The molecule has 3 aliphatic heterocycles. The Hall–Kier alpha value is -2.57. The van der Waals surface area contributed by atoms with E-state index in [0.717, 1.165) is 25.9 Å². The molecule has 0 unspecified atom stereocenters. The first-order valence-electron chi connectivity index (χ1n) is 9.22. The van der Waals surface area contributed by atoms with Crippen molar-refractivity contribution in [3.63, 3.8) is 0 Å². The molecule has 1 N–H and O–H groups in total. The minimum absolute atomic E-state index is 0.00532. The van der Waals surface area contributed by atoms with Crippen LogP contribution in [0.2, 0.25) is 0 Å². The maximum absolute atomic E-state index is 12.5. The summed E-state index contributed by atoms with van der Waals surface area (Å²) in [5.41, 5.74) is -0.373. The van der Waals surface area contributed by atoms with Gasteiger partial charge in [-0.15, -0.1) is 0 Å². The number of amides is 3. The lowest BCUT2D eigenvalue weighted by molar-refractivity contribution is -0.139. The van der Waals surface area contributed by atoms with E-state index in [2.05, 4.69) is 5.32 Å². The number of hydrogen-bond acceptors (Lipinski definition) is 4. The summed E-state index contributed by atoms with van der Waals surface area (Å²) in [5.74, 6) is 0.308. The van der Waals surface area contributed by atoms with Gasteiger partial charge in [0.05, 0.1) is 12.1 Å². The number of ether oxygens (including phenoxy) is 1. The molecule has 3 amide bonds. The maximum atomic E-state index is 12.5. The lowest BCUT2D eigenvalue weighted by Gasteiger charge is -2.38. The van der Waals surface area contributed by atoms with Gasteiger partial charge in [0.2, 0.25) is 11.8 Å². The van der Waals surface area contributed by atoms with Crippen LogP contribution in [0.25, 0.3) is 0 Å². The van der Waals surface area contributed by atoms with E-state index < -0.39 is 5.72 Å². The molecule has 1 atom stereocenters. The normalized spacial score (nSPS) is 25.5. The zero-order valence-electron chi connectivity index (χ0n) is 14.7. The van der Waals surface area contributed by atoms with Crippen LogP contribution in [0, 0.1) is 0 Å². The van der Waals surface area contributed by atoms with Crippen molar-refractivity contribution in [3.05, 3.63) is 29.8 Å². The molecular formula is C19H23N3O4. The number of nitrogens with one attached hydrogen (secondary N) is 1. The van der Waals surface area contributed by atoms with Gasteiger partial charge in [0, 0.05) is 38.9 Å². The number of carbonyl (C=O) groups excluding carboxylic acids is 3. The fourth-order valence-electron chi connectivity index (χ4n) is 3.91. The van der Waals surface area contributed by atoms with Crippen molar-refractivity contribution in [1.29, 1.82) is 0 Å². The van der Waals surface area contributed by atoms with Crippen LogP contribution in [0.3, 0.4) is 0 Å². The van der Waals surface area contributed by atoms with E-state index in [4.69, 9.17) is 4.74 Å². The van der Waals surface area contributed by atoms with Crippen molar-refractivity contribution in [2.45, 2.75) is 37.8 Å². The van der Waals surface area contributed by atoms with E-state index >= 15 is 0 Å². The van der Waals surface area contributed by atoms with Gasteiger partial charge < -0.3 is 19.9 Å². The summed E-state index contributed by atoms with van der Waals surface area (Å²) in [7, 11) is 0. The molecule has 7 nitrogen and oxygen atoms in total. The quantitative estimate of drug-likeness (QED) is 0.861. The molecule has 2 fully saturated rings. The lowest BCUT2D eigenvalue weighted by atomic mass is 10.0. The third-order valence-corrected chi connectivity index (χ3v) is 5.44. The second-order valence-corrected chi connectivity index (χ2v) is 7.20. The van der Waals surface area contributed by atoms with Crippen LogP contribution >= 0.6 is 0 Å². The summed E-state index contributed by atoms with van der Waals surface area (Å²) in [5, 5.41) is 2.94. The number of rotatable bonds is 2. The average molecular weight is 357 g/mol. The average Bonchev–Trinajstić information content (AvgIpc) is 3.14. The number of carbonyl (C=O) groups is 3. The second-order valence-electron chi connectivity index (χ2n) is 7.20. The Kier molecular flexibility index (Phi) is 4.30. The van der Waals surface area contributed by atoms with Crippen LogP contribution in [0.4, 0.5) is 0 Å². The highest BCUT2D eigenvalue weighted by molar-refractivity contribution is 5.98. The smallest absolute Gasteiger partial charge is 0.258 e. The maximum Gasteiger partial charge on any atom is 0.258 e. The fraction of sp³-hybridized carbons (Fsp3) is 0.526. The molecular weight excluding hydrogens is 334 g/mol. The van der Waals surface area contributed by atoms with Crippen LogP contribution in [0.15, 0.2) is 24.3 Å². The zero-order valence-corrected chi connectivity index (χ0v) is 14.7. The molecule has 0 aliphatic carbocycles. The Morgan fingerprint density at radius 1 is 1.12 bits per heavy atom. The molecule has 0 aromatic heterocycles. The third-order valence-electron chi connectivity index (χ3n) is 5.44. The van der Waals surface area contributed by atoms with Crippen LogP contribution in [0.5, 0.6) is 5.75 Å². The SMILES string of the molecule is O=C1N[C@@]2(CCC(=O)N(CC(=O)N3CCCC3)CC2)Oc2ccccc21. The standard InChI is InChI=1S/C19H23N3O4/c23-16-7-8-19(20-18(25)14-5-1-2-6-15(14)26-19)9-12-22(16)13-17(24)21-10-3-4-11-21/h1-2,5-6H,3-4,7-13H2,(H,20,25)/t19-/m0/s1. The number of fused-ring (bicyclic) bond motifs is 1. The zero-order chi connectivity index (χ0) is 18.1. The topological polar surface area (TPSA) is 79.0 Å². The van der Waals surface area contributed by atoms with E-state index in [-0.39, 0.29) is 30.7 Å². The summed E-state index contributed by atoms with van der Waals surface area (Å²) < 4.78 is 6.11. The van der Waals surface area contributed by atoms with Crippen molar-refractivity contribution in [2.75, 3.05) is 26.2 Å². The van der Waals surface area contributed by atoms with Gasteiger partial charge in [-0.1, -0.05) is 12.1 Å². The molecule has 0 saturated carbocycles. The van der Waals surface area contributed by atoms with Crippen molar-refractivity contribution in [1.82, 2.24) is 15.1 Å². The molecule has 1 spiro atoms. The van der Waals surface area contributed by atoms with Crippen molar-refractivity contribution in [2.24, 2.45) is 0 Å². The molecule has 1 aromatic carbocycles. The predicted octanol–water partition coefficient (Wildman–Crippen LogP) is 1.14. The van der Waals surface area contributed by atoms with Gasteiger partial charge >= 0.3 is 0 Å². The molecule has 7 heteroatoms. The minimum Gasteiger partial charge on any atom is -0.467 e. The summed E-state index contributed by atoms with van der Waals surface area (Å²) in [6.45, 7) is 2.06. The van der Waals surface area contributed by atoms with E-state index in [1.165, 1.54) is 0 Å². The molecule has 138 valence electrons. The molecule has 3 aliphatic rings. The fourth-order valence-corrected chi connectivity index (χ4v) is 3.91. The van der Waals surface area contributed by atoms with Gasteiger partial charge in [0.15, 0.2) is 5.72 Å². The Labute approximate surface area is 152 Å². The van der Waals surface area contributed by atoms with Gasteiger partial charge in [-0.2, -0.15) is 0 Å². The summed E-state index contributed by atoms with van der Waals surface area (Å²) >= 11 is 0. The molecule has 1 aromatic rings. The Morgan fingerprint density at radius 2 is 1.88 bits per heavy atom. The number of benzene rings is 1. The summed E-state index contributed by atoms with van der Waals surface area (Å²) in [6.07, 6.45) is 3.17. The van der Waals surface area contributed by atoms with E-state index in [9.17, 15) is 14.4 Å². The monoisotopic (exact) mass is 357 g/mol. The summed E-state index contributed by atoms with van der Waals surface area (Å²) in [4.78, 5) is 40.8. The largest absolute Gasteiger partial charge is 0.467 e. The van der Waals surface area contributed by atoms with Crippen molar-refractivity contribution < 1.29 is 19.1 Å². The van der Waals surface area contributed by atoms with Crippen LogP contribution in [0.1, 0.15) is 42.5 Å². The second kappa shape index (κ2) is 6.63. The molecule has 26 heavy (non-hydrogen) atoms. The van der Waals surface area contributed by atoms with E-state index in [0.29, 0.717) is 30.7 Å². The molecule has 0 bridgehead atoms. The van der Waals surface area contributed by atoms with E-state index in [1.807, 2.05) is 11.0 Å². The number of nitrogens with zero attached hydrogens (tertiary/aromatic N) is 2. The first kappa shape index (κ1) is 16.9. The highest BCUT2D eigenvalue weighted by Gasteiger charge is 2.42. The highest BCUT2D eigenvalue weighted by Crippen LogP contribution is 2.33. The van der Waals surface area contributed by atoms with Crippen LogP contribution in [-0.4, -0.2) is 59.4 Å². The number of likely N-dealkylation sites (tertiary alicyclic amines) is 2. The first-order valence-corrected chi connectivity index (χ1v) is 9.22. The van der Waals surface area contributed by atoms with Crippen molar-refractivity contribution in [3.8, 4) is 5.75 Å². The predicted molar refractivity (Wildman–Crippen MR) is 93.5 cm³/mol. The third kappa shape index (κ3) is 3.13. The van der Waals surface area contributed by atoms with Crippen molar-refractivity contribution >= 4 is 17.7 Å². The molecule has 3 heterocycles. The molecule has 0 radical (unpaired) electrons. The molecule has 2 saturated heterocycles. The van der Waals surface area contributed by atoms with Gasteiger partial charge in [0.1, 0.15) is 5.75 Å². The first-order chi connectivity index (χ1) is 12.6. The number of hydrogen-bond donors (Lipinski definition) is 1. The number of para-hydroxylation sites is 1. The highest BCUT2D eigenvalue weighted by atomic mass is 16.5. The van der Waals surface area contributed by atoms with Crippen LogP contribution in [-0.2, 0) is 9.59 Å². The lowest BCUT2D eigenvalue weighted by Crippen LogP contribution is -2.56. The van der Waals surface area contributed by atoms with Gasteiger partial charge in [-0.3, -0.25) is 14.4 Å². The van der Waals surface area contributed by atoms with Crippen LogP contribution < -0.4 is 10.1 Å². The Morgan fingerprint density at radius 3 is 2.69 bits per heavy atom. The van der Waals surface area contributed by atoms with E-state index in [1.54, 1.807) is 23.1 Å². The summed E-state index contributed by atoms with van der Waals surface area (Å²) in [6, 6.07) is 7.12. The Bertz CT molecular complexity index is 744.